The molecule has 2 saturated heterocycles. The molecule has 6 heterocycles. The average Bonchev–Trinajstić information content (AvgIpc) is 4.20. The number of rotatable bonds is 13. The summed E-state index contributed by atoms with van der Waals surface area (Å²) in [6.07, 6.45) is 7.11. The first-order chi connectivity index (χ1) is 32.3. The van der Waals surface area contributed by atoms with Gasteiger partial charge in [0.05, 0.1) is 72.9 Å². The molecule has 3 aromatic carbocycles. The SMILES string of the molecule is COC(=O)NC(C(=O)N1CCCC1c1ncc(-c2ccc3c(c2)cc2n3C(CCc3cccc(C(=O)OC)c3)Oc3cc(-c4cnc(C5CCCN5C(=O)C(N)C(C)C)[nH]4)ccc3-2)[nH]1)C(C)C. The lowest BCUT2D eigenvalue weighted by Gasteiger charge is -2.30. The van der Waals surface area contributed by atoms with Gasteiger partial charge in [0.1, 0.15) is 23.4 Å². The molecule has 16 heteroatoms. The van der Waals surface area contributed by atoms with Crippen LogP contribution in [0.15, 0.2) is 79.1 Å². The monoisotopic (exact) mass is 909 g/mol. The minimum absolute atomic E-state index is 0.0344. The lowest BCUT2D eigenvalue weighted by molar-refractivity contribution is -0.136. The van der Waals surface area contributed by atoms with Gasteiger partial charge in [0, 0.05) is 41.6 Å². The number of aromatic nitrogens is 5. The van der Waals surface area contributed by atoms with Crippen molar-refractivity contribution in [1.82, 2.24) is 39.6 Å². The van der Waals surface area contributed by atoms with E-state index in [1.807, 2.05) is 68.1 Å². The summed E-state index contributed by atoms with van der Waals surface area (Å²) in [5.41, 5.74) is 14.2. The van der Waals surface area contributed by atoms with Crippen LogP contribution in [0.1, 0.15) is 106 Å². The van der Waals surface area contributed by atoms with E-state index in [1.54, 1.807) is 6.07 Å². The standard InChI is InChI=1S/C51H59N9O7/c1-28(2)44(52)48(61)58-20-8-12-39(58)46-54-27-37(56-46)32-15-17-35-41-24-34-23-31(36-26-53-47(55-36)40-13-9-21-59(40)49(62)45(29(3)4)57-51(64)66-6)16-18-38(34)60(41)43(67-42(35)25-32)19-14-30-10-7-11-33(22-30)50(63)65-5/h7,10-11,15-18,22-29,39-40,43-45H,8-9,12-14,19-21,52H2,1-6H3,(H,53,55)(H,54,56)(H,57,64). The Morgan fingerprint density at radius 2 is 1.46 bits per heavy atom. The van der Waals surface area contributed by atoms with Gasteiger partial charge >= 0.3 is 12.1 Å². The third-order valence-electron chi connectivity index (χ3n) is 13.6. The molecule has 67 heavy (non-hydrogen) atoms. The second kappa shape index (κ2) is 18.7. The summed E-state index contributed by atoms with van der Waals surface area (Å²) < 4.78 is 19.0. The molecule has 16 nitrogen and oxygen atoms in total. The van der Waals surface area contributed by atoms with Crippen molar-refractivity contribution in [3.8, 4) is 39.5 Å². The Hall–Kier alpha value is -6.94. The maximum absolute atomic E-state index is 13.8. The first-order valence-corrected chi connectivity index (χ1v) is 23.3. The Morgan fingerprint density at radius 1 is 0.806 bits per heavy atom. The molecule has 0 aliphatic carbocycles. The zero-order chi connectivity index (χ0) is 47.1. The molecule has 2 fully saturated rings. The molecule has 3 aliphatic heterocycles. The lowest BCUT2D eigenvalue weighted by Crippen LogP contribution is -2.51. The number of carbonyl (C=O) groups is 4. The number of nitrogens with zero attached hydrogens (tertiary/aromatic N) is 5. The summed E-state index contributed by atoms with van der Waals surface area (Å²) >= 11 is 0. The predicted octanol–water partition coefficient (Wildman–Crippen LogP) is 8.09. The first-order valence-electron chi connectivity index (χ1n) is 23.3. The third-order valence-corrected chi connectivity index (χ3v) is 13.6. The zero-order valence-electron chi connectivity index (χ0n) is 38.9. The summed E-state index contributed by atoms with van der Waals surface area (Å²) in [6.45, 7) is 8.95. The number of carbonyl (C=O) groups excluding carboxylic acids is 4. The molecule has 0 spiro atoms. The van der Waals surface area contributed by atoms with Crippen LogP contribution in [0.5, 0.6) is 5.75 Å². The number of aryl methyl sites for hydroxylation is 1. The van der Waals surface area contributed by atoms with Crippen molar-refractivity contribution < 1.29 is 33.4 Å². The van der Waals surface area contributed by atoms with Crippen LogP contribution in [0.2, 0.25) is 0 Å². The van der Waals surface area contributed by atoms with E-state index in [0.717, 1.165) is 87.5 Å². The van der Waals surface area contributed by atoms with Crippen molar-refractivity contribution in [3.63, 3.8) is 0 Å². The van der Waals surface area contributed by atoms with E-state index in [4.69, 9.17) is 29.9 Å². The van der Waals surface area contributed by atoms with Gasteiger partial charge in [-0.3, -0.25) is 9.59 Å². The Balaban J connectivity index is 1.02. The van der Waals surface area contributed by atoms with E-state index in [1.165, 1.54) is 14.2 Å². The molecule has 0 radical (unpaired) electrons. The molecule has 3 aromatic heterocycles. The molecule has 6 aromatic rings. The topological polar surface area (TPSA) is 203 Å². The molecule has 3 amide bonds. The number of amides is 3. The van der Waals surface area contributed by atoms with Crippen LogP contribution < -0.4 is 15.8 Å². The smallest absolute Gasteiger partial charge is 0.407 e. The molecule has 9 rings (SSSR count). The van der Waals surface area contributed by atoms with Crippen molar-refractivity contribution in [2.45, 2.75) is 96.6 Å². The molecule has 3 aliphatic rings. The van der Waals surface area contributed by atoms with E-state index in [9.17, 15) is 19.2 Å². The molecule has 5 atom stereocenters. The van der Waals surface area contributed by atoms with Gasteiger partial charge in [-0.15, -0.1) is 0 Å². The number of imidazole rings is 2. The maximum Gasteiger partial charge on any atom is 0.407 e. The Labute approximate surface area is 389 Å². The Morgan fingerprint density at radius 3 is 2.10 bits per heavy atom. The van der Waals surface area contributed by atoms with Crippen LogP contribution in [0.25, 0.3) is 44.7 Å². The minimum Gasteiger partial charge on any atom is -0.469 e. The minimum atomic E-state index is -0.723. The summed E-state index contributed by atoms with van der Waals surface area (Å²) in [6, 6.07) is 20.5. The number of likely N-dealkylation sites (tertiary alicyclic amines) is 2. The van der Waals surface area contributed by atoms with Crippen molar-refractivity contribution in [3.05, 3.63) is 102 Å². The normalized spacial score (nSPS) is 18.7. The van der Waals surface area contributed by atoms with Gasteiger partial charge in [-0.2, -0.15) is 0 Å². The largest absolute Gasteiger partial charge is 0.469 e. The summed E-state index contributed by atoms with van der Waals surface area (Å²) in [5.74, 6) is 1.47. The van der Waals surface area contributed by atoms with Crippen molar-refractivity contribution in [1.29, 1.82) is 0 Å². The number of nitrogens with one attached hydrogen (secondary N) is 3. The van der Waals surface area contributed by atoms with Gasteiger partial charge in [0.2, 0.25) is 11.8 Å². The van der Waals surface area contributed by atoms with Crippen LogP contribution in [0.4, 0.5) is 4.79 Å². The van der Waals surface area contributed by atoms with E-state index in [2.05, 4.69) is 62.3 Å². The van der Waals surface area contributed by atoms with Crippen LogP contribution >= 0.6 is 0 Å². The van der Waals surface area contributed by atoms with Crippen LogP contribution in [-0.4, -0.2) is 97.6 Å². The van der Waals surface area contributed by atoms with Crippen LogP contribution in [-0.2, 0) is 25.5 Å². The van der Waals surface area contributed by atoms with Gasteiger partial charge < -0.3 is 49.6 Å². The van der Waals surface area contributed by atoms with E-state index in [0.29, 0.717) is 37.3 Å². The number of nitrogens with two attached hydrogens (primary N) is 1. The van der Waals surface area contributed by atoms with E-state index >= 15 is 0 Å². The number of alkyl carbamates (subject to hydrolysis) is 1. The van der Waals surface area contributed by atoms with Crippen molar-refractivity contribution >= 4 is 34.8 Å². The molecule has 0 saturated carbocycles. The molecular weight excluding hydrogens is 851 g/mol. The Kier molecular flexibility index (Phi) is 12.7. The third kappa shape index (κ3) is 8.77. The average molecular weight is 910 g/mol. The van der Waals surface area contributed by atoms with Crippen LogP contribution in [0.3, 0.4) is 0 Å². The maximum atomic E-state index is 13.8. The fourth-order valence-electron chi connectivity index (χ4n) is 9.86. The number of benzene rings is 3. The number of aromatic amines is 2. The summed E-state index contributed by atoms with van der Waals surface area (Å²) in [7, 11) is 2.67. The van der Waals surface area contributed by atoms with Gasteiger partial charge in [0.25, 0.3) is 0 Å². The van der Waals surface area contributed by atoms with E-state index in [-0.39, 0.29) is 41.7 Å². The van der Waals surface area contributed by atoms with Gasteiger partial charge in [-0.25, -0.2) is 19.6 Å². The second-order valence-electron chi connectivity index (χ2n) is 18.6. The van der Waals surface area contributed by atoms with E-state index < -0.39 is 24.4 Å². The lowest BCUT2D eigenvalue weighted by atomic mass is 10.0. The van der Waals surface area contributed by atoms with Crippen molar-refractivity contribution in [2.75, 3.05) is 27.3 Å². The fourth-order valence-corrected chi connectivity index (χ4v) is 9.86. The fraction of sp³-hybridized carbons (Fsp3) is 0.412. The highest BCUT2D eigenvalue weighted by atomic mass is 16.5. The number of esters is 1. The van der Waals surface area contributed by atoms with Gasteiger partial charge in [-0.05, 0) is 92.0 Å². The zero-order valence-corrected chi connectivity index (χ0v) is 38.9. The molecule has 350 valence electrons. The van der Waals surface area contributed by atoms with Gasteiger partial charge in [0.15, 0.2) is 6.23 Å². The number of fused-ring (bicyclic) bond motifs is 5. The highest BCUT2D eigenvalue weighted by Gasteiger charge is 2.38. The number of hydrogen-bond acceptors (Lipinski definition) is 10. The molecule has 0 bridgehead atoms. The summed E-state index contributed by atoms with van der Waals surface area (Å²) in [4.78, 5) is 72.0. The van der Waals surface area contributed by atoms with Crippen LogP contribution in [0, 0.1) is 11.8 Å². The highest BCUT2D eigenvalue weighted by Crippen LogP contribution is 2.46. The Bertz CT molecular complexity index is 2820. The molecular formula is C51H59N9O7. The quantitative estimate of drug-likeness (QED) is 0.0821. The summed E-state index contributed by atoms with van der Waals surface area (Å²) in [5, 5.41) is 3.73. The molecule has 5 unspecified atom stereocenters. The van der Waals surface area contributed by atoms with Crippen molar-refractivity contribution in [2.24, 2.45) is 17.6 Å². The molecule has 5 N–H and O–H groups in total. The second-order valence-corrected chi connectivity index (χ2v) is 18.6. The predicted molar refractivity (Wildman–Crippen MR) is 253 cm³/mol. The number of methoxy groups -OCH3 is 2. The first kappa shape index (κ1) is 45.2. The number of hydrogen-bond donors (Lipinski definition) is 4. The highest BCUT2D eigenvalue weighted by molar-refractivity contribution is 5.93. The van der Waals surface area contributed by atoms with Gasteiger partial charge in [-0.1, -0.05) is 52.0 Å². The number of ether oxygens (including phenoxy) is 3. The number of H-pyrrole nitrogens is 2.